The molecule has 2 fully saturated rings. The lowest BCUT2D eigenvalue weighted by Crippen LogP contribution is -2.48. The van der Waals surface area contributed by atoms with Crippen molar-refractivity contribution in [3.05, 3.63) is 0 Å². The maximum atomic E-state index is 12.0. The summed E-state index contributed by atoms with van der Waals surface area (Å²) in [6.07, 6.45) is 7.65. The van der Waals surface area contributed by atoms with E-state index >= 15 is 0 Å². The van der Waals surface area contributed by atoms with Crippen LogP contribution in [-0.4, -0.2) is 36.2 Å². The Morgan fingerprint density at radius 1 is 1.10 bits per heavy atom. The van der Waals surface area contributed by atoms with Crippen LogP contribution in [0, 0.1) is 5.41 Å². The molecule has 2 N–H and O–H groups in total. The highest BCUT2D eigenvalue weighted by Gasteiger charge is 2.46. The van der Waals surface area contributed by atoms with E-state index in [1.165, 1.54) is 6.42 Å². The second-order valence-electron chi connectivity index (χ2n) is 6.34. The van der Waals surface area contributed by atoms with Crippen LogP contribution in [0.2, 0.25) is 0 Å². The number of hydrogen-bond acceptors (Lipinski definition) is 3. The number of carboxylic acids is 1. The molecule has 2 aliphatic rings. The number of hydrogen-bond donors (Lipinski definition) is 2. The smallest absolute Gasteiger partial charge is 0.310 e. The Balaban J connectivity index is 1.84. The molecule has 5 heteroatoms. The highest BCUT2D eigenvalue weighted by atomic mass is 16.5. The van der Waals surface area contributed by atoms with Gasteiger partial charge in [-0.1, -0.05) is 25.7 Å². The number of carbonyl (C=O) groups excluding carboxylic acids is 1. The van der Waals surface area contributed by atoms with Gasteiger partial charge in [-0.15, -0.1) is 0 Å². The average molecular weight is 283 g/mol. The van der Waals surface area contributed by atoms with Gasteiger partial charge in [0.25, 0.3) is 0 Å². The van der Waals surface area contributed by atoms with Crippen molar-refractivity contribution >= 4 is 11.9 Å². The first-order valence-corrected chi connectivity index (χ1v) is 7.57. The fourth-order valence-corrected chi connectivity index (χ4v) is 3.35. The summed E-state index contributed by atoms with van der Waals surface area (Å²) < 4.78 is 5.62. The van der Waals surface area contributed by atoms with Gasteiger partial charge in [0.05, 0.1) is 11.0 Å². The van der Waals surface area contributed by atoms with Gasteiger partial charge in [-0.2, -0.15) is 0 Å². The molecule has 0 aromatic heterocycles. The zero-order chi connectivity index (χ0) is 14.6. The summed E-state index contributed by atoms with van der Waals surface area (Å²) in [5.41, 5.74) is -1.05. The summed E-state index contributed by atoms with van der Waals surface area (Å²) in [5, 5.41) is 12.1. The largest absolute Gasteiger partial charge is 0.481 e. The number of aliphatic carboxylic acids is 1. The molecule has 0 aromatic carbocycles. The van der Waals surface area contributed by atoms with Crippen LogP contribution in [0.15, 0.2) is 0 Å². The molecule has 2 rings (SSSR count). The van der Waals surface area contributed by atoms with Crippen LogP contribution in [0.1, 0.15) is 57.8 Å². The van der Waals surface area contributed by atoms with Gasteiger partial charge in [0.2, 0.25) is 5.91 Å². The van der Waals surface area contributed by atoms with Gasteiger partial charge in [-0.3, -0.25) is 9.59 Å². The van der Waals surface area contributed by atoms with Gasteiger partial charge < -0.3 is 15.2 Å². The highest BCUT2D eigenvalue weighted by Crippen LogP contribution is 2.44. The van der Waals surface area contributed by atoms with E-state index in [2.05, 4.69) is 5.32 Å². The van der Waals surface area contributed by atoms with Crippen molar-refractivity contribution in [1.82, 2.24) is 5.32 Å². The van der Waals surface area contributed by atoms with Crippen LogP contribution in [0.3, 0.4) is 0 Å². The van der Waals surface area contributed by atoms with Gasteiger partial charge in [0.15, 0.2) is 0 Å². The number of rotatable bonds is 6. The van der Waals surface area contributed by atoms with Gasteiger partial charge in [0, 0.05) is 20.1 Å². The zero-order valence-electron chi connectivity index (χ0n) is 12.2. The molecular formula is C15H25NO4. The summed E-state index contributed by atoms with van der Waals surface area (Å²) in [7, 11) is 1.70. The summed E-state index contributed by atoms with van der Waals surface area (Å²) >= 11 is 0. The van der Waals surface area contributed by atoms with E-state index in [9.17, 15) is 14.7 Å². The molecule has 0 radical (unpaired) electrons. The van der Waals surface area contributed by atoms with E-state index in [0.29, 0.717) is 19.4 Å². The monoisotopic (exact) mass is 283 g/mol. The van der Waals surface area contributed by atoms with Gasteiger partial charge in [-0.25, -0.2) is 0 Å². The Labute approximate surface area is 120 Å². The highest BCUT2D eigenvalue weighted by molar-refractivity contribution is 5.85. The lowest BCUT2D eigenvalue weighted by Gasteiger charge is -2.38. The molecule has 0 aliphatic heterocycles. The van der Waals surface area contributed by atoms with E-state index in [0.717, 1.165) is 32.1 Å². The summed E-state index contributed by atoms with van der Waals surface area (Å²) in [6.45, 7) is 0.498. The van der Waals surface area contributed by atoms with E-state index in [-0.39, 0.29) is 17.9 Å². The predicted octanol–water partition coefficient (Wildman–Crippen LogP) is 2.10. The van der Waals surface area contributed by atoms with Crippen molar-refractivity contribution in [1.29, 1.82) is 0 Å². The third-order valence-corrected chi connectivity index (χ3v) is 5.07. The maximum absolute atomic E-state index is 12.0. The molecule has 0 bridgehead atoms. The lowest BCUT2D eigenvalue weighted by atomic mass is 9.66. The molecule has 0 atom stereocenters. The molecular weight excluding hydrogens is 258 g/mol. The molecule has 0 unspecified atom stereocenters. The van der Waals surface area contributed by atoms with Crippen molar-refractivity contribution in [2.75, 3.05) is 13.7 Å². The first-order valence-electron chi connectivity index (χ1n) is 7.57. The first-order chi connectivity index (χ1) is 9.52. The summed E-state index contributed by atoms with van der Waals surface area (Å²) in [4.78, 5) is 23.3. The molecule has 114 valence electrons. The van der Waals surface area contributed by atoms with Crippen molar-refractivity contribution < 1.29 is 19.4 Å². The Kier molecular flexibility index (Phi) is 4.68. The number of methoxy groups -OCH3 is 1. The minimum atomic E-state index is -0.835. The summed E-state index contributed by atoms with van der Waals surface area (Å²) in [6, 6.07) is 0. The predicted molar refractivity (Wildman–Crippen MR) is 74.4 cm³/mol. The van der Waals surface area contributed by atoms with Gasteiger partial charge in [-0.05, 0) is 25.7 Å². The van der Waals surface area contributed by atoms with E-state index in [4.69, 9.17) is 4.74 Å². The first kappa shape index (κ1) is 15.3. The van der Waals surface area contributed by atoms with Crippen molar-refractivity contribution in [3.63, 3.8) is 0 Å². The van der Waals surface area contributed by atoms with Crippen LogP contribution >= 0.6 is 0 Å². The number of ether oxygens (including phenoxy) is 1. The minimum absolute atomic E-state index is 0.0993. The molecule has 0 saturated heterocycles. The zero-order valence-corrected chi connectivity index (χ0v) is 12.2. The number of amides is 1. The minimum Gasteiger partial charge on any atom is -0.481 e. The maximum Gasteiger partial charge on any atom is 0.310 e. The quantitative estimate of drug-likeness (QED) is 0.782. The standard InChI is InChI=1S/C15H25NO4/c1-20-15(8-3-2-4-9-15)11-16-12(17)10-14(13(18)19)6-5-7-14/h2-11H2,1H3,(H,16,17)(H,18,19). The molecule has 20 heavy (non-hydrogen) atoms. The average Bonchev–Trinajstić information content (AvgIpc) is 2.41. The Bertz CT molecular complexity index is 370. The normalized spacial score (nSPS) is 23.6. The van der Waals surface area contributed by atoms with Crippen molar-refractivity contribution in [2.24, 2.45) is 5.41 Å². The van der Waals surface area contributed by atoms with Gasteiger partial charge in [0.1, 0.15) is 0 Å². The van der Waals surface area contributed by atoms with E-state index in [1.54, 1.807) is 7.11 Å². The van der Waals surface area contributed by atoms with Crippen molar-refractivity contribution in [3.8, 4) is 0 Å². The molecule has 5 nitrogen and oxygen atoms in total. The second-order valence-corrected chi connectivity index (χ2v) is 6.34. The molecule has 2 aliphatic carbocycles. The molecule has 2 saturated carbocycles. The fourth-order valence-electron chi connectivity index (χ4n) is 3.35. The van der Waals surface area contributed by atoms with E-state index in [1.807, 2.05) is 0 Å². The van der Waals surface area contributed by atoms with Crippen LogP contribution < -0.4 is 5.32 Å². The molecule has 0 spiro atoms. The summed E-state index contributed by atoms with van der Waals surface area (Å²) in [5.74, 6) is -0.993. The molecule has 1 amide bonds. The SMILES string of the molecule is COC1(CNC(=O)CC2(C(=O)O)CCC2)CCCCC1. The Hall–Kier alpha value is -1.10. The van der Waals surface area contributed by atoms with Crippen molar-refractivity contribution in [2.45, 2.75) is 63.4 Å². The molecule has 0 heterocycles. The lowest BCUT2D eigenvalue weighted by molar-refractivity contribution is -0.157. The van der Waals surface area contributed by atoms with Gasteiger partial charge >= 0.3 is 5.97 Å². The van der Waals surface area contributed by atoms with E-state index < -0.39 is 11.4 Å². The van der Waals surface area contributed by atoms with Crippen LogP contribution in [0.4, 0.5) is 0 Å². The second kappa shape index (κ2) is 6.12. The number of nitrogens with one attached hydrogen (secondary N) is 1. The van der Waals surface area contributed by atoms with Crippen LogP contribution in [-0.2, 0) is 14.3 Å². The Morgan fingerprint density at radius 3 is 2.20 bits per heavy atom. The van der Waals surface area contributed by atoms with Crippen LogP contribution in [0.5, 0.6) is 0 Å². The topological polar surface area (TPSA) is 75.6 Å². The van der Waals surface area contributed by atoms with Crippen LogP contribution in [0.25, 0.3) is 0 Å². The fraction of sp³-hybridized carbons (Fsp3) is 0.867. The third-order valence-electron chi connectivity index (χ3n) is 5.07. The number of carbonyl (C=O) groups is 2. The Morgan fingerprint density at radius 2 is 1.75 bits per heavy atom. The number of carboxylic acid groups (broad SMARTS) is 1. The molecule has 0 aromatic rings. The third kappa shape index (κ3) is 3.14.